The van der Waals surface area contributed by atoms with Crippen LogP contribution in [-0.2, 0) is 0 Å². The van der Waals surface area contributed by atoms with Gasteiger partial charge in [0, 0.05) is 22.7 Å². The number of pyridine rings is 1. The minimum absolute atomic E-state index is 0.131. The van der Waals surface area contributed by atoms with Crippen LogP contribution in [-0.4, -0.2) is 4.98 Å². The number of aryl methyl sites for hydroxylation is 2. The molecule has 0 fully saturated rings. The lowest BCUT2D eigenvalue weighted by Gasteiger charge is -2.01. The maximum Gasteiger partial charge on any atom is 0.192 e. The Morgan fingerprint density at radius 1 is 1.15 bits per heavy atom. The number of rotatable bonds is 0. The molecule has 0 bridgehead atoms. The van der Waals surface area contributed by atoms with E-state index in [2.05, 4.69) is 4.98 Å². The van der Waals surface area contributed by atoms with Gasteiger partial charge < -0.3 is 4.98 Å². The van der Waals surface area contributed by atoms with Crippen LogP contribution in [0.25, 0.3) is 10.9 Å². The highest BCUT2D eigenvalue weighted by atomic mass is 16.1. The summed E-state index contributed by atoms with van der Waals surface area (Å²) in [4.78, 5) is 14.8. The van der Waals surface area contributed by atoms with E-state index >= 15 is 0 Å². The molecule has 1 N–H and O–H groups in total. The lowest BCUT2D eigenvalue weighted by Crippen LogP contribution is -2.07. The van der Waals surface area contributed by atoms with Gasteiger partial charge in [0.05, 0.1) is 0 Å². The van der Waals surface area contributed by atoms with Crippen LogP contribution in [0.2, 0.25) is 0 Å². The molecule has 2 aromatic rings. The predicted molar refractivity (Wildman–Crippen MR) is 54.0 cm³/mol. The molecule has 0 aliphatic carbocycles. The zero-order valence-electron chi connectivity index (χ0n) is 7.72. The van der Waals surface area contributed by atoms with Gasteiger partial charge in [-0.15, -0.1) is 0 Å². The summed E-state index contributed by atoms with van der Waals surface area (Å²) in [5.74, 6) is 0. The molecule has 0 aliphatic heterocycles. The molecule has 66 valence electrons. The van der Waals surface area contributed by atoms with E-state index in [9.17, 15) is 4.79 Å². The van der Waals surface area contributed by atoms with E-state index in [1.54, 1.807) is 6.20 Å². The van der Waals surface area contributed by atoms with Crippen molar-refractivity contribution in [2.24, 2.45) is 0 Å². The van der Waals surface area contributed by atoms with E-state index < -0.39 is 0 Å². The van der Waals surface area contributed by atoms with Gasteiger partial charge in [-0.2, -0.15) is 0 Å². The molecule has 0 saturated carbocycles. The number of hydrogen-bond acceptors (Lipinski definition) is 1. The second-order valence-electron chi connectivity index (χ2n) is 3.30. The Morgan fingerprint density at radius 2 is 1.92 bits per heavy atom. The summed E-state index contributed by atoms with van der Waals surface area (Å²) in [6.45, 7) is 3.78. The summed E-state index contributed by atoms with van der Waals surface area (Å²) >= 11 is 0. The van der Waals surface area contributed by atoms with Crippen molar-refractivity contribution in [2.45, 2.75) is 13.8 Å². The van der Waals surface area contributed by atoms with Gasteiger partial charge in [-0.3, -0.25) is 4.79 Å². The number of aromatic nitrogens is 1. The Bertz CT molecular complexity index is 511. The molecule has 0 atom stereocenters. The van der Waals surface area contributed by atoms with E-state index in [1.165, 1.54) is 0 Å². The van der Waals surface area contributed by atoms with Gasteiger partial charge in [0.1, 0.15) is 0 Å². The minimum Gasteiger partial charge on any atom is -0.361 e. The van der Waals surface area contributed by atoms with E-state index in [4.69, 9.17) is 0 Å². The summed E-state index contributed by atoms with van der Waals surface area (Å²) in [6, 6.07) is 5.82. The first-order valence-corrected chi connectivity index (χ1v) is 4.28. The van der Waals surface area contributed by atoms with Crippen LogP contribution in [0.4, 0.5) is 0 Å². The Hall–Kier alpha value is -1.57. The molecular formula is C11H11NO. The lowest BCUT2D eigenvalue weighted by atomic mass is 10.1. The quantitative estimate of drug-likeness (QED) is 0.650. The molecule has 1 heterocycles. The van der Waals surface area contributed by atoms with Crippen LogP contribution in [0.3, 0.4) is 0 Å². The van der Waals surface area contributed by atoms with Crippen molar-refractivity contribution in [3.8, 4) is 0 Å². The summed E-state index contributed by atoms with van der Waals surface area (Å²) in [5.41, 5.74) is 2.84. The van der Waals surface area contributed by atoms with E-state index in [0.29, 0.717) is 0 Å². The molecule has 0 spiro atoms. The zero-order valence-corrected chi connectivity index (χ0v) is 7.72. The van der Waals surface area contributed by atoms with Gasteiger partial charge in [-0.05, 0) is 25.5 Å². The van der Waals surface area contributed by atoms with Crippen molar-refractivity contribution in [1.29, 1.82) is 0 Å². The smallest absolute Gasteiger partial charge is 0.192 e. The Morgan fingerprint density at radius 3 is 2.69 bits per heavy atom. The first-order chi connectivity index (χ1) is 6.20. The fourth-order valence-electron chi connectivity index (χ4n) is 1.54. The first kappa shape index (κ1) is 8.05. The van der Waals surface area contributed by atoms with Gasteiger partial charge in [0.2, 0.25) is 0 Å². The molecule has 0 radical (unpaired) electrons. The summed E-state index contributed by atoms with van der Waals surface area (Å²) in [5, 5.41) is 0.808. The second kappa shape index (κ2) is 2.73. The van der Waals surface area contributed by atoms with Crippen molar-refractivity contribution < 1.29 is 0 Å². The Labute approximate surface area is 76.2 Å². The van der Waals surface area contributed by atoms with Crippen LogP contribution >= 0.6 is 0 Å². The number of aromatic amines is 1. The first-order valence-electron chi connectivity index (χ1n) is 4.28. The highest BCUT2D eigenvalue weighted by Crippen LogP contribution is 2.11. The molecular weight excluding hydrogens is 162 g/mol. The highest BCUT2D eigenvalue weighted by molar-refractivity contribution is 5.82. The monoisotopic (exact) mass is 173 g/mol. The molecule has 0 aliphatic rings. The molecule has 2 nitrogen and oxygen atoms in total. The predicted octanol–water partition coefficient (Wildman–Crippen LogP) is 2.14. The molecule has 0 saturated heterocycles. The third kappa shape index (κ3) is 1.15. The standard InChI is InChI=1S/C11H11NO/c1-7-4-3-5-9-10(7)11(13)8(2)6-12-9/h3-6H,1-2H3,(H,12,13). The maximum absolute atomic E-state index is 11.7. The lowest BCUT2D eigenvalue weighted by molar-refractivity contribution is 1.29. The minimum atomic E-state index is 0.131. The number of fused-ring (bicyclic) bond motifs is 1. The molecule has 0 amide bonds. The van der Waals surface area contributed by atoms with Crippen molar-refractivity contribution in [3.63, 3.8) is 0 Å². The normalized spacial score (nSPS) is 10.6. The van der Waals surface area contributed by atoms with Gasteiger partial charge in [-0.25, -0.2) is 0 Å². The number of H-pyrrole nitrogens is 1. The largest absolute Gasteiger partial charge is 0.361 e. The average molecular weight is 173 g/mol. The molecule has 2 heteroatoms. The Kier molecular flexibility index (Phi) is 1.69. The number of benzene rings is 1. The fourth-order valence-corrected chi connectivity index (χ4v) is 1.54. The molecule has 1 aromatic carbocycles. The summed E-state index contributed by atoms with van der Waals surface area (Å²) < 4.78 is 0. The van der Waals surface area contributed by atoms with Gasteiger partial charge in [0.25, 0.3) is 0 Å². The third-order valence-corrected chi connectivity index (χ3v) is 2.30. The maximum atomic E-state index is 11.7. The van der Waals surface area contributed by atoms with E-state index in [1.807, 2.05) is 32.0 Å². The van der Waals surface area contributed by atoms with Crippen LogP contribution < -0.4 is 5.43 Å². The number of hydrogen-bond donors (Lipinski definition) is 1. The fraction of sp³-hybridized carbons (Fsp3) is 0.182. The molecule has 1 aromatic heterocycles. The SMILES string of the molecule is Cc1c[nH]c2cccc(C)c2c1=O. The van der Waals surface area contributed by atoms with Crippen molar-refractivity contribution in [2.75, 3.05) is 0 Å². The average Bonchev–Trinajstić information content (AvgIpc) is 2.12. The number of nitrogens with one attached hydrogen (secondary N) is 1. The van der Waals surface area contributed by atoms with Crippen LogP contribution in [0.5, 0.6) is 0 Å². The summed E-state index contributed by atoms with van der Waals surface area (Å²) in [6.07, 6.45) is 1.75. The second-order valence-corrected chi connectivity index (χ2v) is 3.30. The van der Waals surface area contributed by atoms with E-state index in [-0.39, 0.29) is 5.43 Å². The molecule has 13 heavy (non-hydrogen) atoms. The van der Waals surface area contributed by atoms with Crippen LogP contribution in [0, 0.1) is 13.8 Å². The Balaban J connectivity index is 3.06. The van der Waals surface area contributed by atoms with Crippen molar-refractivity contribution in [3.05, 3.63) is 45.7 Å². The van der Waals surface area contributed by atoms with E-state index in [0.717, 1.165) is 22.0 Å². The topological polar surface area (TPSA) is 32.9 Å². The van der Waals surface area contributed by atoms with Gasteiger partial charge >= 0.3 is 0 Å². The third-order valence-electron chi connectivity index (χ3n) is 2.30. The molecule has 0 unspecified atom stereocenters. The van der Waals surface area contributed by atoms with Crippen molar-refractivity contribution >= 4 is 10.9 Å². The van der Waals surface area contributed by atoms with Crippen LogP contribution in [0.1, 0.15) is 11.1 Å². The van der Waals surface area contributed by atoms with Gasteiger partial charge in [0.15, 0.2) is 5.43 Å². The van der Waals surface area contributed by atoms with Crippen LogP contribution in [0.15, 0.2) is 29.2 Å². The van der Waals surface area contributed by atoms with Gasteiger partial charge in [-0.1, -0.05) is 12.1 Å². The zero-order chi connectivity index (χ0) is 9.42. The summed E-state index contributed by atoms with van der Waals surface area (Å²) in [7, 11) is 0. The molecule has 2 rings (SSSR count). The van der Waals surface area contributed by atoms with Crippen molar-refractivity contribution in [1.82, 2.24) is 4.98 Å². The highest BCUT2D eigenvalue weighted by Gasteiger charge is 2.02.